The maximum atomic E-state index is 11.1. The first kappa shape index (κ1) is 12.3. The van der Waals surface area contributed by atoms with Gasteiger partial charge in [0.05, 0.1) is 6.54 Å². The molecule has 0 saturated carbocycles. The van der Waals surface area contributed by atoms with Crippen molar-refractivity contribution in [2.75, 3.05) is 6.54 Å². The van der Waals surface area contributed by atoms with Crippen LogP contribution in [0, 0.1) is 0 Å². The van der Waals surface area contributed by atoms with Crippen LogP contribution in [-0.2, 0) is 11.3 Å². The van der Waals surface area contributed by atoms with Crippen molar-refractivity contribution in [2.45, 2.75) is 25.4 Å². The van der Waals surface area contributed by atoms with Crippen LogP contribution in [0.3, 0.4) is 0 Å². The van der Waals surface area contributed by atoms with Crippen molar-refractivity contribution in [3.8, 4) is 11.4 Å². The van der Waals surface area contributed by atoms with Gasteiger partial charge in [-0.15, -0.1) is 0 Å². The maximum Gasteiger partial charge on any atom is 0.320 e. The molecule has 0 radical (unpaired) electrons. The van der Waals surface area contributed by atoms with E-state index in [9.17, 15) is 4.79 Å². The van der Waals surface area contributed by atoms with Crippen LogP contribution in [0.15, 0.2) is 21.3 Å². The van der Waals surface area contributed by atoms with E-state index in [1.165, 1.54) is 0 Å². The van der Waals surface area contributed by atoms with E-state index in [0.29, 0.717) is 24.7 Å². The second kappa shape index (κ2) is 5.10. The van der Waals surface area contributed by atoms with Gasteiger partial charge < -0.3 is 9.63 Å². The van der Waals surface area contributed by atoms with Crippen molar-refractivity contribution >= 4 is 17.3 Å². The van der Waals surface area contributed by atoms with Crippen LogP contribution in [0.2, 0.25) is 0 Å². The summed E-state index contributed by atoms with van der Waals surface area (Å²) in [6.07, 6.45) is 1.57. The van der Waals surface area contributed by atoms with Gasteiger partial charge in [-0.2, -0.15) is 16.3 Å². The summed E-state index contributed by atoms with van der Waals surface area (Å²) in [7, 11) is 0. The molecule has 1 aliphatic rings. The summed E-state index contributed by atoms with van der Waals surface area (Å²) in [5.41, 5.74) is 0.927. The van der Waals surface area contributed by atoms with Crippen molar-refractivity contribution in [3.05, 3.63) is 22.7 Å². The molecule has 1 N–H and O–H groups in total. The molecule has 0 unspecified atom stereocenters. The van der Waals surface area contributed by atoms with Crippen LogP contribution in [0.1, 0.15) is 18.7 Å². The van der Waals surface area contributed by atoms with Crippen molar-refractivity contribution < 1.29 is 14.4 Å². The normalized spacial score (nSPS) is 19.9. The van der Waals surface area contributed by atoms with E-state index in [-0.39, 0.29) is 0 Å². The number of carboxylic acids is 1. The minimum atomic E-state index is -0.782. The molecule has 1 aliphatic heterocycles. The number of aliphatic carboxylic acids is 1. The number of hydrogen-bond acceptors (Lipinski definition) is 6. The molecule has 0 aliphatic carbocycles. The second-order valence-electron chi connectivity index (χ2n) is 4.49. The Balaban J connectivity index is 1.72. The SMILES string of the molecule is O=C(O)[C@@H]1CCCN1Cc1nc(-c2ccsc2)no1. The lowest BCUT2D eigenvalue weighted by Gasteiger charge is -2.18. The zero-order valence-corrected chi connectivity index (χ0v) is 11.0. The fourth-order valence-corrected chi connectivity index (χ4v) is 2.93. The Morgan fingerprint density at radius 2 is 2.53 bits per heavy atom. The Hall–Kier alpha value is -1.73. The smallest absolute Gasteiger partial charge is 0.320 e. The molecule has 1 fully saturated rings. The lowest BCUT2D eigenvalue weighted by atomic mass is 10.2. The molecule has 0 aromatic carbocycles. The fourth-order valence-electron chi connectivity index (χ4n) is 2.30. The van der Waals surface area contributed by atoms with E-state index < -0.39 is 12.0 Å². The summed E-state index contributed by atoms with van der Waals surface area (Å²) >= 11 is 1.57. The molecule has 0 amide bonds. The van der Waals surface area contributed by atoms with E-state index in [4.69, 9.17) is 9.63 Å². The number of hydrogen-bond donors (Lipinski definition) is 1. The van der Waals surface area contributed by atoms with Gasteiger partial charge in [0.2, 0.25) is 11.7 Å². The van der Waals surface area contributed by atoms with Gasteiger partial charge in [0.15, 0.2) is 0 Å². The van der Waals surface area contributed by atoms with Gasteiger partial charge >= 0.3 is 5.97 Å². The predicted molar refractivity (Wildman–Crippen MR) is 68.7 cm³/mol. The Bertz CT molecular complexity index is 567. The standard InChI is InChI=1S/C12H13N3O3S/c16-12(17)9-2-1-4-15(9)6-10-13-11(14-18-10)8-3-5-19-7-8/h3,5,7,9H,1-2,4,6H2,(H,16,17)/t9-/m0/s1. The van der Waals surface area contributed by atoms with Gasteiger partial charge in [-0.25, -0.2) is 0 Å². The van der Waals surface area contributed by atoms with Gasteiger partial charge in [-0.1, -0.05) is 5.16 Å². The quantitative estimate of drug-likeness (QED) is 0.920. The van der Waals surface area contributed by atoms with Crippen molar-refractivity contribution in [2.24, 2.45) is 0 Å². The fraction of sp³-hybridized carbons (Fsp3) is 0.417. The average molecular weight is 279 g/mol. The van der Waals surface area contributed by atoms with Crippen LogP contribution in [0.4, 0.5) is 0 Å². The molecular formula is C12H13N3O3S. The number of nitrogens with zero attached hydrogens (tertiary/aromatic N) is 3. The summed E-state index contributed by atoms with van der Waals surface area (Å²) < 4.78 is 5.19. The minimum absolute atomic E-state index is 0.397. The highest BCUT2D eigenvalue weighted by Gasteiger charge is 2.31. The van der Waals surface area contributed by atoms with E-state index in [1.54, 1.807) is 11.3 Å². The van der Waals surface area contributed by atoms with E-state index in [2.05, 4.69) is 10.1 Å². The highest BCUT2D eigenvalue weighted by atomic mass is 32.1. The molecule has 1 saturated heterocycles. The zero-order chi connectivity index (χ0) is 13.2. The van der Waals surface area contributed by atoms with Crippen LogP contribution >= 0.6 is 11.3 Å². The van der Waals surface area contributed by atoms with Crippen molar-refractivity contribution in [1.82, 2.24) is 15.0 Å². The van der Waals surface area contributed by atoms with Gasteiger partial charge in [0.25, 0.3) is 0 Å². The maximum absolute atomic E-state index is 11.1. The van der Waals surface area contributed by atoms with Crippen LogP contribution in [-0.4, -0.2) is 38.7 Å². The Morgan fingerprint density at radius 3 is 3.26 bits per heavy atom. The summed E-state index contributed by atoms with van der Waals surface area (Å²) in [6.45, 7) is 1.15. The number of likely N-dealkylation sites (tertiary alicyclic amines) is 1. The molecule has 19 heavy (non-hydrogen) atoms. The number of thiophene rings is 1. The number of carbonyl (C=O) groups is 1. The van der Waals surface area contributed by atoms with Crippen LogP contribution < -0.4 is 0 Å². The lowest BCUT2D eigenvalue weighted by molar-refractivity contribution is -0.142. The lowest BCUT2D eigenvalue weighted by Crippen LogP contribution is -2.35. The largest absolute Gasteiger partial charge is 0.480 e. The molecule has 2 aromatic rings. The third-order valence-corrected chi connectivity index (χ3v) is 3.92. The van der Waals surface area contributed by atoms with Gasteiger partial charge in [-0.3, -0.25) is 9.69 Å². The molecule has 0 bridgehead atoms. The van der Waals surface area contributed by atoms with Gasteiger partial charge in [0, 0.05) is 10.9 Å². The van der Waals surface area contributed by atoms with Gasteiger partial charge in [0.1, 0.15) is 6.04 Å². The second-order valence-corrected chi connectivity index (χ2v) is 5.27. The van der Waals surface area contributed by atoms with E-state index in [1.807, 2.05) is 21.7 Å². The molecule has 6 nitrogen and oxygen atoms in total. The number of carboxylic acid groups (broad SMARTS) is 1. The third kappa shape index (κ3) is 2.52. The molecule has 0 spiro atoms. The Labute approximate surface area is 113 Å². The highest BCUT2D eigenvalue weighted by Crippen LogP contribution is 2.22. The first-order valence-corrected chi connectivity index (χ1v) is 7.00. The van der Waals surface area contributed by atoms with Crippen LogP contribution in [0.5, 0.6) is 0 Å². The highest BCUT2D eigenvalue weighted by molar-refractivity contribution is 7.08. The van der Waals surface area contributed by atoms with Crippen molar-refractivity contribution in [1.29, 1.82) is 0 Å². The van der Waals surface area contributed by atoms with Crippen LogP contribution in [0.25, 0.3) is 11.4 Å². The van der Waals surface area contributed by atoms with E-state index in [0.717, 1.165) is 18.5 Å². The number of rotatable bonds is 4. The van der Waals surface area contributed by atoms with Gasteiger partial charge in [-0.05, 0) is 30.8 Å². The summed E-state index contributed by atoms with van der Waals surface area (Å²) in [6, 6.07) is 1.49. The van der Waals surface area contributed by atoms with E-state index >= 15 is 0 Å². The Kier molecular flexibility index (Phi) is 3.31. The average Bonchev–Trinajstić information content (AvgIpc) is 3.09. The number of aromatic nitrogens is 2. The molecular weight excluding hydrogens is 266 g/mol. The molecule has 2 aromatic heterocycles. The monoisotopic (exact) mass is 279 g/mol. The third-order valence-electron chi connectivity index (χ3n) is 3.23. The Morgan fingerprint density at radius 1 is 1.63 bits per heavy atom. The molecule has 1 atom stereocenters. The first-order chi connectivity index (χ1) is 9.24. The summed E-state index contributed by atoms with van der Waals surface area (Å²) in [5.74, 6) is 0.242. The van der Waals surface area contributed by atoms with Crippen molar-refractivity contribution in [3.63, 3.8) is 0 Å². The summed E-state index contributed by atoms with van der Waals surface area (Å²) in [5, 5.41) is 16.9. The molecule has 7 heteroatoms. The molecule has 3 rings (SSSR count). The topological polar surface area (TPSA) is 79.5 Å². The summed E-state index contributed by atoms with van der Waals surface area (Å²) in [4.78, 5) is 17.3. The minimum Gasteiger partial charge on any atom is -0.480 e. The first-order valence-electron chi connectivity index (χ1n) is 6.06. The molecule has 3 heterocycles. The predicted octanol–water partition coefficient (Wildman–Crippen LogP) is 1.85. The molecule has 100 valence electrons. The zero-order valence-electron chi connectivity index (χ0n) is 10.2.